The Kier molecular flexibility index (Phi) is 6.69. The maximum Gasteiger partial charge on any atom is 0.416 e. The van der Waals surface area contributed by atoms with Gasteiger partial charge in [-0.25, -0.2) is 4.79 Å². The zero-order chi connectivity index (χ0) is 24.3. The molecule has 0 bridgehead atoms. The molecule has 3 aromatic rings. The number of nitro benzene ring substituents is 1. The highest BCUT2D eigenvalue weighted by molar-refractivity contribution is 6.04. The zero-order valence-corrected chi connectivity index (χ0v) is 18.1. The number of piperazine rings is 1. The van der Waals surface area contributed by atoms with E-state index >= 15 is 0 Å². The van der Waals surface area contributed by atoms with Crippen LogP contribution in [0.4, 0.5) is 24.5 Å². The van der Waals surface area contributed by atoms with E-state index in [2.05, 4.69) is 0 Å². The van der Waals surface area contributed by atoms with Crippen LogP contribution in [-0.2, 0) is 10.9 Å². The number of carbonyl (C=O) groups is 1. The molecule has 1 fully saturated rings. The molecule has 178 valence electrons. The number of carbonyl (C=O) groups excluding carboxylic acids is 1. The number of ether oxygens (including phenoxy) is 1. The molecule has 1 aliphatic rings. The standard InChI is InChI=1S/C24H22F3N3O4/c25-24(26,27)18-8-9-21(22(16-18)30(32)33)29-12-10-28(11-13-29)14-15-34-23(31)20-7-3-5-17-4-1-2-6-19(17)20/h1-9,16H,10-15H2. The van der Waals surface area contributed by atoms with Crippen LogP contribution in [0.1, 0.15) is 15.9 Å². The van der Waals surface area contributed by atoms with Gasteiger partial charge in [0.05, 0.1) is 16.1 Å². The van der Waals surface area contributed by atoms with E-state index in [-0.39, 0.29) is 12.3 Å². The molecule has 1 saturated heterocycles. The van der Waals surface area contributed by atoms with Crippen LogP contribution in [0.15, 0.2) is 60.7 Å². The number of nitro groups is 1. The molecule has 0 radical (unpaired) electrons. The van der Waals surface area contributed by atoms with Crippen molar-refractivity contribution >= 4 is 28.1 Å². The van der Waals surface area contributed by atoms with Gasteiger partial charge in [0, 0.05) is 38.8 Å². The van der Waals surface area contributed by atoms with Crippen molar-refractivity contribution < 1.29 is 27.6 Å². The van der Waals surface area contributed by atoms with Crippen LogP contribution in [0.2, 0.25) is 0 Å². The summed E-state index contributed by atoms with van der Waals surface area (Å²) in [5.74, 6) is -0.407. The van der Waals surface area contributed by atoms with Crippen molar-refractivity contribution in [1.29, 1.82) is 0 Å². The van der Waals surface area contributed by atoms with E-state index in [0.29, 0.717) is 44.4 Å². The summed E-state index contributed by atoms with van der Waals surface area (Å²) in [6.07, 6.45) is -4.65. The van der Waals surface area contributed by atoms with Crippen LogP contribution >= 0.6 is 0 Å². The monoisotopic (exact) mass is 473 g/mol. The van der Waals surface area contributed by atoms with Gasteiger partial charge in [-0.3, -0.25) is 15.0 Å². The molecule has 0 spiro atoms. The van der Waals surface area contributed by atoms with E-state index in [9.17, 15) is 28.1 Å². The second kappa shape index (κ2) is 9.68. The smallest absolute Gasteiger partial charge is 0.416 e. The summed E-state index contributed by atoms with van der Waals surface area (Å²) in [5.41, 5.74) is -0.945. The first-order valence-electron chi connectivity index (χ1n) is 10.7. The van der Waals surface area contributed by atoms with Crippen LogP contribution in [0, 0.1) is 10.1 Å². The van der Waals surface area contributed by atoms with Crippen molar-refractivity contribution in [3.8, 4) is 0 Å². The highest BCUT2D eigenvalue weighted by atomic mass is 19.4. The topological polar surface area (TPSA) is 75.9 Å². The average Bonchev–Trinajstić information content (AvgIpc) is 2.83. The van der Waals surface area contributed by atoms with Gasteiger partial charge in [-0.2, -0.15) is 13.2 Å². The second-order valence-electron chi connectivity index (χ2n) is 7.95. The molecule has 10 heteroatoms. The van der Waals surface area contributed by atoms with Crippen LogP contribution in [0.5, 0.6) is 0 Å². The Balaban J connectivity index is 1.32. The first kappa shape index (κ1) is 23.5. The molecule has 3 aromatic carbocycles. The second-order valence-corrected chi connectivity index (χ2v) is 7.95. The largest absolute Gasteiger partial charge is 0.461 e. The number of anilines is 1. The quantitative estimate of drug-likeness (QED) is 0.292. The maximum absolute atomic E-state index is 12.9. The SMILES string of the molecule is O=C(OCCN1CCN(c2ccc(C(F)(F)F)cc2[N+](=O)[O-])CC1)c1cccc2ccccc12. The summed E-state index contributed by atoms with van der Waals surface area (Å²) in [4.78, 5) is 26.9. The molecule has 1 heterocycles. The van der Waals surface area contributed by atoms with Gasteiger partial charge >= 0.3 is 12.1 Å². The van der Waals surface area contributed by atoms with E-state index in [0.717, 1.165) is 22.9 Å². The van der Waals surface area contributed by atoms with E-state index in [1.54, 1.807) is 17.0 Å². The van der Waals surface area contributed by atoms with Gasteiger partial charge in [0.25, 0.3) is 5.69 Å². The van der Waals surface area contributed by atoms with Crippen molar-refractivity contribution in [2.24, 2.45) is 0 Å². The highest BCUT2D eigenvalue weighted by Crippen LogP contribution is 2.36. The molecule has 0 N–H and O–H groups in total. The van der Waals surface area contributed by atoms with Gasteiger partial charge in [0.2, 0.25) is 0 Å². The third-order valence-corrected chi connectivity index (χ3v) is 5.86. The van der Waals surface area contributed by atoms with Crippen molar-refractivity contribution in [2.45, 2.75) is 6.18 Å². The summed E-state index contributed by atoms with van der Waals surface area (Å²) in [6, 6.07) is 15.6. The van der Waals surface area contributed by atoms with Gasteiger partial charge < -0.3 is 9.64 Å². The molecule has 0 unspecified atom stereocenters. The van der Waals surface area contributed by atoms with Crippen molar-refractivity contribution in [3.63, 3.8) is 0 Å². The van der Waals surface area contributed by atoms with Crippen LogP contribution in [0.3, 0.4) is 0 Å². The first-order valence-corrected chi connectivity index (χ1v) is 10.7. The number of halogens is 3. The third kappa shape index (κ3) is 5.12. The Bertz CT molecular complexity index is 1200. The molecule has 34 heavy (non-hydrogen) atoms. The minimum atomic E-state index is -4.65. The Morgan fingerprint density at radius 1 is 1.00 bits per heavy atom. The average molecular weight is 473 g/mol. The lowest BCUT2D eigenvalue weighted by Crippen LogP contribution is -2.47. The maximum atomic E-state index is 12.9. The van der Waals surface area contributed by atoms with Crippen molar-refractivity contribution in [1.82, 2.24) is 4.90 Å². The lowest BCUT2D eigenvalue weighted by atomic mass is 10.1. The van der Waals surface area contributed by atoms with Crippen LogP contribution in [-0.4, -0.2) is 55.1 Å². The molecule has 0 aliphatic carbocycles. The minimum absolute atomic E-state index is 0.167. The molecule has 7 nitrogen and oxygen atoms in total. The Morgan fingerprint density at radius 2 is 1.71 bits per heavy atom. The fourth-order valence-corrected chi connectivity index (χ4v) is 4.07. The summed E-state index contributed by atoms with van der Waals surface area (Å²) < 4.78 is 44.3. The fourth-order valence-electron chi connectivity index (χ4n) is 4.07. The number of benzene rings is 3. The minimum Gasteiger partial charge on any atom is -0.461 e. The molecular formula is C24H22F3N3O4. The van der Waals surface area contributed by atoms with Gasteiger partial charge in [-0.05, 0) is 29.0 Å². The molecule has 0 amide bonds. The lowest BCUT2D eigenvalue weighted by Gasteiger charge is -2.35. The van der Waals surface area contributed by atoms with Gasteiger partial charge in [0.1, 0.15) is 12.3 Å². The summed E-state index contributed by atoms with van der Waals surface area (Å²) in [7, 11) is 0. The molecule has 4 rings (SSSR count). The Labute approximate surface area is 193 Å². The lowest BCUT2D eigenvalue weighted by molar-refractivity contribution is -0.384. The number of esters is 1. The zero-order valence-electron chi connectivity index (χ0n) is 18.1. The first-order chi connectivity index (χ1) is 16.2. The molecule has 0 atom stereocenters. The van der Waals surface area contributed by atoms with Crippen molar-refractivity contribution in [3.05, 3.63) is 81.9 Å². The van der Waals surface area contributed by atoms with Crippen molar-refractivity contribution in [2.75, 3.05) is 44.2 Å². The number of hydrogen-bond acceptors (Lipinski definition) is 6. The summed E-state index contributed by atoms with van der Waals surface area (Å²) >= 11 is 0. The van der Waals surface area contributed by atoms with Gasteiger partial charge in [0.15, 0.2) is 0 Å². The number of fused-ring (bicyclic) bond motifs is 1. The summed E-state index contributed by atoms with van der Waals surface area (Å²) in [6.45, 7) is 2.54. The molecule has 0 saturated carbocycles. The number of nitrogens with zero attached hydrogens (tertiary/aromatic N) is 3. The van der Waals surface area contributed by atoms with Gasteiger partial charge in [-0.15, -0.1) is 0 Å². The number of alkyl halides is 3. The number of rotatable bonds is 6. The van der Waals surface area contributed by atoms with E-state index in [4.69, 9.17) is 4.74 Å². The van der Waals surface area contributed by atoms with Crippen LogP contribution < -0.4 is 4.90 Å². The third-order valence-electron chi connectivity index (χ3n) is 5.86. The predicted octanol–water partition coefficient (Wildman–Crippen LogP) is 4.75. The molecule has 1 aliphatic heterocycles. The van der Waals surface area contributed by atoms with E-state index in [1.165, 1.54) is 0 Å². The summed E-state index contributed by atoms with van der Waals surface area (Å²) in [5, 5.41) is 13.1. The highest BCUT2D eigenvalue weighted by Gasteiger charge is 2.34. The number of hydrogen-bond donors (Lipinski definition) is 0. The molecular weight excluding hydrogens is 451 g/mol. The Hall–Kier alpha value is -3.66. The van der Waals surface area contributed by atoms with E-state index < -0.39 is 28.3 Å². The normalized spacial score (nSPS) is 14.9. The Morgan fingerprint density at radius 3 is 2.41 bits per heavy atom. The van der Waals surface area contributed by atoms with E-state index in [1.807, 2.05) is 35.2 Å². The van der Waals surface area contributed by atoms with Crippen LogP contribution in [0.25, 0.3) is 10.8 Å². The predicted molar refractivity (Wildman–Crippen MR) is 121 cm³/mol. The fraction of sp³-hybridized carbons (Fsp3) is 0.292. The molecule has 0 aromatic heterocycles. The van der Waals surface area contributed by atoms with Gasteiger partial charge in [-0.1, -0.05) is 36.4 Å².